The van der Waals surface area contributed by atoms with E-state index in [0.717, 1.165) is 11.6 Å². The first-order valence-electron chi connectivity index (χ1n) is 14.9. The Kier molecular flexibility index (Phi) is 12.2. The van der Waals surface area contributed by atoms with Crippen LogP contribution in [0.25, 0.3) is 0 Å². The van der Waals surface area contributed by atoms with Gasteiger partial charge in [-0.3, -0.25) is 9.69 Å². The minimum Gasteiger partial charge on any atom is -0.464 e. The van der Waals surface area contributed by atoms with Crippen molar-refractivity contribution in [3.05, 3.63) is 35.9 Å². The Labute approximate surface area is 250 Å². The van der Waals surface area contributed by atoms with Gasteiger partial charge in [0.1, 0.15) is 18.7 Å². The van der Waals surface area contributed by atoms with Crippen molar-refractivity contribution in [2.24, 2.45) is 5.92 Å². The van der Waals surface area contributed by atoms with Gasteiger partial charge in [0.15, 0.2) is 8.32 Å². The Hall–Kier alpha value is -2.18. The maximum Gasteiger partial charge on any atom is 0.410 e. The Morgan fingerprint density at radius 1 is 1.02 bits per heavy atom. The maximum absolute atomic E-state index is 14.0. The number of hydrogen-bond donors (Lipinski definition) is 0. The Morgan fingerprint density at radius 3 is 2.17 bits per heavy atom. The van der Waals surface area contributed by atoms with Crippen LogP contribution in [0.15, 0.2) is 30.3 Å². The molecule has 0 aromatic heterocycles. The normalized spacial score (nSPS) is 18.8. The van der Waals surface area contributed by atoms with Crippen molar-refractivity contribution in [2.45, 2.75) is 116 Å². The lowest BCUT2D eigenvalue weighted by molar-refractivity contribution is -0.155. The molecule has 1 fully saturated rings. The summed E-state index contributed by atoms with van der Waals surface area (Å²) in [7, 11) is -1.90. The topological polar surface area (TPSA) is 85.4 Å². The van der Waals surface area contributed by atoms with Crippen molar-refractivity contribution in [3.8, 4) is 0 Å². The molecule has 0 bridgehead atoms. The molecule has 1 aromatic carbocycles. The summed E-state index contributed by atoms with van der Waals surface area (Å²) in [5.41, 5.74) is 0.868. The number of amides is 2. The van der Waals surface area contributed by atoms with Gasteiger partial charge in [0, 0.05) is 28.1 Å². The minimum atomic E-state index is -2.16. The van der Waals surface area contributed by atoms with Crippen LogP contribution in [0.5, 0.6) is 0 Å². The van der Waals surface area contributed by atoms with Gasteiger partial charge >= 0.3 is 12.1 Å². The van der Waals surface area contributed by atoms with Crippen LogP contribution in [-0.2, 0) is 30.1 Å². The minimum absolute atomic E-state index is 0.0213. The van der Waals surface area contributed by atoms with Crippen molar-refractivity contribution >= 4 is 34.4 Å². The third-order valence-corrected chi connectivity index (χ3v) is 14.4. The highest BCUT2D eigenvalue weighted by Crippen LogP contribution is 2.39. The molecule has 2 amide bonds. The van der Waals surface area contributed by atoms with Crippen LogP contribution < -0.4 is 0 Å². The van der Waals surface area contributed by atoms with Crippen LogP contribution in [0, 0.1) is 5.92 Å². The second-order valence-corrected chi connectivity index (χ2v) is 24.9. The monoisotopic (exact) mass is 606 g/mol. The van der Waals surface area contributed by atoms with Gasteiger partial charge in [-0.1, -0.05) is 84.6 Å². The fourth-order valence-corrected chi connectivity index (χ4v) is 6.59. The highest BCUT2D eigenvalue weighted by atomic mass is 28.4. The van der Waals surface area contributed by atoms with Crippen LogP contribution in [-0.4, -0.2) is 82.5 Å². The highest BCUT2D eigenvalue weighted by Gasteiger charge is 2.47. The molecule has 1 aromatic rings. The summed E-state index contributed by atoms with van der Waals surface area (Å²) in [6.07, 6.45) is -0.0204. The van der Waals surface area contributed by atoms with Crippen molar-refractivity contribution in [1.29, 1.82) is 0 Å². The van der Waals surface area contributed by atoms with Gasteiger partial charge in [-0.15, -0.1) is 0 Å². The van der Waals surface area contributed by atoms with E-state index in [0.29, 0.717) is 19.4 Å². The van der Waals surface area contributed by atoms with Gasteiger partial charge in [-0.25, -0.2) is 9.59 Å². The van der Waals surface area contributed by atoms with Crippen LogP contribution >= 0.6 is 0 Å². The summed E-state index contributed by atoms with van der Waals surface area (Å²) in [5, 5.41) is -0.0213. The number of likely N-dealkylation sites (tertiary alicyclic amines) is 1. The van der Waals surface area contributed by atoms with E-state index in [-0.39, 0.29) is 36.1 Å². The summed E-state index contributed by atoms with van der Waals surface area (Å²) in [6, 6.07) is 8.81. The quantitative estimate of drug-likeness (QED) is 0.198. The van der Waals surface area contributed by atoms with E-state index in [9.17, 15) is 14.4 Å². The molecule has 0 spiro atoms. The van der Waals surface area contributed by atoms with Crippen LogP contribution in [0.2, 0.25) is 43.8 Å². The third kappa shape index (κ3) is 10.6. The number of hydrogen-bond acceptors (Lipinski definition) is 6. The molecule has 232 valence electrons. The largest absolute Gasteiger partial charge is 0.464 e. The molecular formula is C31H54N2O6Si2. The second kappa shape index (κ2) is 14.3. The van der Waals surface area contributed by atoms with Crippen LogP contribution in [0.4, 0.5) is 4.79 Å². The number of esters is 1. The molecular weight excluding hydrogens is 553 g/mol. The average Bonchev–Trinajstić information content (AvgIpc) is 3.27. The van der Waals surface area contributed by atoms with Crippen molar-refractivity contribution in [3.63, 3.8) is 0 Å². The average molecular weight is 607 g/mol. The lowest BCUT2D eigenvalue weighted by Gasteiger charge is -2.38. The molecule has 41 heavy (non-hydrogen) atoms. The molecule has 0 aliphatic carbocycles. The van der Waals surface area contributed by atoms with Gasteiger partial charge in [0.25, 0.3) is 0 Å². The molecule has 0 saturated carbocycles. The number of carbonyl (C=O) groups excluding carboxylic acids is 3. The molecule has 10 heteroatoms. The van der Waals surface area contributed by atoms with E-state index in [1.165, 1.54) is 9.80 Å². The van der Waals surface area contributed by atoms with E-state index >= 15 is 0 Å². The Morgan fingerprint density at radius 2 is 1.63 bits per heavy atom. The van der Waals surface area contributed by atoms with Crippen molar-refractivity contribution < 1.29 is 28.3 Å². The molecule has 2 rings (SSSR count). The van der Waals surface area contributed by atoms with E-state index in [2.05, 4.69) is 53.5 Å². The van der Waals surface area contributed by atoms with Crippen LogP contribution in [0.1, 0.15) is 53.0 Å². The number of ether oxygens (including phenoxy) is 2. The van der Waals surface area contributed by atoms with E-state index < -0.39 is 40.5 Å². The zero-order valence-electron chi connectivity index (χ0n) is 27.3. The number of rotatable bonds is 12. The highest BCUT2D eigenvalue weighted by molar-refractivity contribution is 6.76. The second-order valence-electron chi connectivity index (χ2n) is 14.5. The summed E-state index contributed by atoms with van der Waals surface area (Å²) in [6.45, 7) is 22.3. The predicted octanol–water partition coefficient (Wildman–Crippen LogP) is 6.54. The molecule has 3 atom stereocenters. The summed E-state index contributed by atoms with van der Waals surface area (Å²) in [4.78, 5) is 43.6. The lowest BCUT2D eigenvalue weighted by Crippen LogP contribution is -2.52. The van der Waals surface area contributed by atoms with E-state index in [1.54, 1.807) is 7.05 Å². The van der Waals surface area contributed by atoms with Gasteiger partial charge in [0.05, 0.1) is 12.7 Å². The fourth-order valence-electron chi connectivity index (χ4n) is 4.52. The number of likely N-dealkylation sites (N-methyl/N-ethyl adjacent to an activating group) is 1. The first kappa shape index (κ1) is 35.0. The molecule has 0 unspecified atom stereocenters. The van der Waals surface area contributed by atoms with E-state index in [4.69, 9.17) is 13.9 Å². The smallest absolute Gasteiger partial charge is 0.410 e. The fraction of sp³-hybridized carbons (Fsp3) is 0.710. The van der Waals surface area contributed by atoms with Gasteiger partial charge < -0.3 is 18.8 Å². The number of nitrogens with zero attached hydrogens (tertiary/aromatic N) is 2. The lowest BCUT2D eigenvalue weighted by atomic mass is 10.0. The standard InChI is InChI=1S/C31H54N2O6Si2/c1-23(2)19-27(29(35)37-17-18-40(7,8)9)32(6)28(34)26-20-25(39-41(10,11)31(3,4)5)21-33(26)30(36)38-22-24-15-13-12-14-16-24/h12-16,23,25-27H,17-22H2,1-11H3/t25-,26+,27-/m1/s1. The SMILES string of the molecule is CC(C)C[C@H](C(=O)OCC[Si](C)(C)C)N(C)C(=O)[C@@H]1C[C@@H](O[Si](C)(C)C(C)(C)C)CN1C(=O)OCc1ccccc1. The molecule has 1 aliphatic rings. The molecule has 1 aliphatic heterocycles. The summed E-state index contributed by atoms with van der Waals surface area (Å²) in [5.74, 6) is -0.515. The van der Waals surface area contributed by atoms with Gasteiger partial charge in [0.2, 0.25) is 5.91 Å². The van der Waals surface area contributed by atoms with Crippen molar-refractivity contribution in [2.75, 3.05) is 20.2 Å². The molecule has 1 heterocycles. The first-order chi connectivity index (χ1) is 18.8. The summed E-state index contributed by atoms with van der Waals surface area (Å²) >= 11 is 0. The van der Waals surface area contributed by atoms with Gasteiger partial charge in [-0.05, 0) is 42.1 Å². The predicted molar refractivity (Wildman–Crippen MR) is 169 cm³/mol. The molecule has 0 N–H and O–H groups in total. The molecule has 1 saturated heterocycles. The van der Waals surface area contributed by atoms with Crippen molar-refractivity contribution in [1.82, 2.24) is 9.80 Å². The zero-order valence-corrected chi connectivity index (χ0v) is 29.3. The zero-order chi connectivity index (χ0) is 31.2. The Balaban J connectivity index is 2.27. The number of carbonyl (C=O) groups is 3. The third-order valence-electron chi connectivity index (χ3n) is 8.13. The maximum atomic E-state index is 14.0. The van der Waals surface area contributed by atoms with Gasteiger partial charge in [-0.2, -0.15) is 0 Å². The van der Waals surface area contributed by atoms with Crippen LogP contribution in [0.3, 0.4) is 0 Å². The number of benzene rings is 1. The Bertz CT molecular complexity index is 1020. The summed E-state index contributed by atoms with van der Waals surface area (Å²) < 4.78 is 18.0. The molecule has 8 nitrogen and oxygen atoms in total. The first-order valence-corrected chi connectivity index (χ1v) is 21.5. The molecule has 0 radical (unpaired) electrons. The van der Waals surface area contributed by atoms with E-state index in [1.807, 2.05) is 44.2 Å².